The molecule has 6 nitrogen and oxygen atoms in total. The van der Waals surface area contributed by atoms with Crippen LogP contribution < -0.4 is 0 Å². The molecule has 0 N–H and O–H groups in total. The second-order valence-corrected chi connectivity index (χ2v) is 22.0. The minimum absolute atomic E-state index is 0.0826. The summed E-state index contributed by atoms with van der Waals surface area (Å²) in [6.45, 7) is 6.43. The van der Waals surface area contributed by atoms with Crippen molar-refractivity contribution in [1.82, 2.24) is 0 Å². The topological polar surface area (TPSA) is 78.9 Å². The molecule has 1 atom stereocenters. The fraction of sp³-hybridized carbons (Fsp3) is 0.761. The summed E-state index contributed by atoms with van der Waals surface area (Å²) in [7, 11) is 0. The van der Waals surface area contributed by atoms with E-state index >= 15 is 0 Å². The van der Waals surface area contributed by atoms with Gasteiger partial charge >= 0.3 is 17.9 Å². The summed E-state index contributed by atoms with van der Waals surface area (Å²) in [4.78, 5) is 38.3. The second kappa shape index (κ2) is 65.1. The Morgan fingerprint density at radius 3 is 0.805 bits per heavy atom. The van der Waals surface area contributed by atoms with Crippen LogP contribution in [0.2, 0.25) is 0 Å². The Morgan fingerprint density at radius 1 is 0.273 bits per heavy atom. The summed E-state index contributed by atoms with van der Waals surface area (Å²) >= 11 is 0. The minimum Gasteiger partial charge on any atom is -0.462 e. The van der Waals surface area contributed by atoms with Gasteiger partial charge < -0.3 is 14.2 Å². The van der Waals surface area contributed by atoms with E-state index in [1.54, 1.807) is 0 Å². The van der Waals surface area contributed by atoms with Crippen LogP contribution in [0.15, 0.2) is 85.1 Å². The van der Waals surface area contributed by atoms with Gasteiger partial charge in [-0.25, -0.2) is 0 Å². The van der Waals surface area contributed by atoms with E-state index in [2.05, 4.69) is 106 Å². The first-order valence-corrected chi connectivity index (χ1v) is 33.1. The third-order valence-corrected chi connectivity index (χ3v) is 14.4. The van der Waals surface area contributed by atoms with Gasteiger partial charge in [0.25, 0.3) is 0 Å². The molecule has 0 radical (unpaired) electrons. The predicted octanol–water partition coefficient (Wildman–Crippen LogP) is 22.7. The van der Waals surface area contributed by atoms with E-state index < -0.39 is 6.10 Å². The van der Waals surface area contributed by atoms with Gasteiger partial charge in [-0.05, 0) is 89.9 Å². The largest absolute Gasteiger partial charge is 0.462 e. The normalized spacial score (nSPS) is 12.6. The highest BCUT2D eigenvalue weighted by atomic mass is 16.6. The molecule has 444 valence electrons. The summed E-state index contributed by atoms with van der Waals surface area (Å²) in [6, 6.07) is 0. The van der Waals surface area contributed by atoms with Gasteiger partial charge in [-0.2, -0.15) is 0 Å². The van der Waals surface area contributed by atoms with E-state index in [1.165, 1.54) is 180 Å². The lowest BCUT2D eigenvalue weighted by atomic mass is 10.0. The van der Waals surface area contributed by atoms with Gasteiger partial charge in [0.2, 0.25) is 0 Å². The summed E-state index contributed by atoms with van der Waals surface area (Å²) in [5.41, 5.74) is 0. The molecule has 0 aromatic carbocycles. The minimum atomic E-state index is -0.787. The van der Waals surface area contributed by atoms with Crippen molar-refractivity contribution in [2.45, 2.75) is 335 Å². The van der Waals surface area contributed by atoms with Crippen molar-refractivity contribution in [3.05, 3.63) is 85.1 Å². The first kappa shape index (κ1) is 73.6. The van der Waals surface area contributed by atoms with Crippen molar-refractivity contribution >= 4 is 17.9 Å². The first-order chi connectivity index (χ1) is 38.0. The van der Waals surface area contributed by atoms with Gasteiger partial charge in [0.15, 0.2) is 6.10 Å². The van der Waals surface area contributed by atoms with Crippen LogP contribution in [-0.2, 0) is 28.6 Å². The van der Waals surface area contributed by atoms with E-state index in [4.69, 9.17) is 14.2 Å². The number of esters is 3. The standard InChI is InChI=1S/C71H124O6/c1-4-7-10-13-16-19-22-25-27-29-31-32-33-34-35-36-37-38-40-41-43-46-49-52-55-58-61-64-70(73)76-67-68(66-75-69(72)63-60-57-54-51-48-45-24-21-18-15-12-9-6-3)77-71(74)65-62-59-56-53-50-47-44-42-39-30-28-26-23-20-17-14-11-8-5-2/h7,9-10,12,16,18-19,21,25,27,31-32,45,48,68H,4-6,8,11,13-15,17,20,22-24,26,28-30,33-44,46-47,49-67H2,1-3H3/b10-7-,12-9-,19-16-,21-18-,27-25-,32-31-,48-45-. The Morgan fingerprint density at radius 2 is 0.506 bits per heavy atom. The van der Waals surface area contributed by atoms with Crippen LogP contribution in [0.4, 0.5) is 0 Å². The molecule has 0 aromatic rings. The Kier molecular flexibility index (Phi) is 62.2. The average Bonchev–Trinajstić information content (AvgIpc) is 3.43. The number of rotatable bonds is 60. The van der Waals surface area contributed by atoms with E-state index in [1.807, 2.05) is 0 Å². The lowest BCUT2D eigenvalue weighted by Gasteiger charge is -2.18. The molecule has 0 aliphatic carbocycles. The van der Waals surface area contributed by atoms with Crippen LogP contribution in [-0.4, -0.2) is 37.2 Å². The zero-order chi connectivity index (χ0) is 55.7. The molecule has 0 fully saturated rings. The number of carbonyl (C=O) groups excluding carboxylic acids is 3. The molecule has 77 heavy (non-hydrogen) atoms. The number of hydrogen-bond donors (Lipinski definition) is 0. The van der Waals surface area contributed by atoms with Crippen molar-refractivity contribution in [2.24, 2.45) is 0 Å². The van der Waals surface area contributed by atoms with Crippen LogP contribution in [0.25, 0.3) is 0 Å². The third kappa shape index (κ3) is 63.3. The molecule has 0 aliphatic heterocycles. The Bertz CT molecular complexity index is 1470. The number of ether oxygens (including phenoxy) is 3. The highest BCUT2D eigenvalue weighted by Crippen LogP contribution is 2.17. The molecule has 0 aromatic heterocycles. The molecule has 6 heteroatoms. The molecule has 0 bridgehead atoms. The summed E-state index contributed by atoms with van der Waals surface area (Å²) in [5, 5.41) is 0. The first-order valence-electron chi connectivity index (χ1n) is 33.1. The van der Waals surface area contributed by atoms with Crippen LogP contribution >= 0.6 is 0 Å². The molecule has 1 unspecified atom stereocenters. The molecule has 0 spiro atoms. The lowest BCUT2D eigenvalue weighted by molar-refractivity contribution is -0.167. The van der Waals surface area contributed by atoms with Crippen molar-refractivity contribution in [2.75, 3.05) is 13.2 Å². The van der Waals surface area contributed by atoms with E-state index in [9.17, 15) is 14.4 Å². The van der Waals surface area contributed by atoms with Crippen LogP contribution in [0.1, 0.15) is 329 Å². The maximum Gasteiger partial charge on any atom is 0.306 e. The Hall–Kier alpha value is -3.41. The maximum absolute atomic E-state index is 12.9. The van der Waals surface area contributed by atoms with E-state index in [0.29, 0.717) is 19.3 Å². The number of unbranched alkanes of at least 4 members (excludes halogenated alkanes) is 35. The lowest BCUT2D eigenvalue weighted by Crippen LogP contribution is -2.30. The maximum atomic E-state index is 12.9. The Labute approximate surface area is 477 Å². The number of hydrogen-bond acceptors (Lipinski definition) is 6. The molecular weight excluding hydrogens is 949 g/mol. The van der Waals surface area contributed by atoms with Gasteiger partial charge in [-0.15, -0.1) is 0 Å². The van der Waals surface area contributed by atoms with Gasteiger partial charge in [-0.1, -0.05) is 305 Å². The van der Waals surface area contributed by atoms with Crippen LogP contribution in [0.5, 0.6) is 0 Å². The zero-order valence-electron chi connectivity index (χ0n) is 51.0. The average molecular weight is 1070 g/mol. The van der Waals surface area contributed by atoms with E-state index in [0.717, 1.165) is 109 Å². The summed E-state index contributed by atoms with van der Waals surface area (Å²) in [6.07, 6.45) is 86.1. The van der Waals surface area contributed by atoms with Crippen molar-refractivity contribution < 1.29 is 28.6 Å². The zero-order valence-corrected chi connectivity index (χ0v) is 51.0. The van der Waals surface area contributed by atoms with Gasteiger partial charge in [0.1, 0.15) is 13.2 Å². The monoisotopic (exact) mass is 1070 g/mol. The molecule has 0 rings (SSSR count). The van der Waals surface area contributed by atoms with Gasteiger partial charge in [0, 0.05) is 19.3 Å². The number of allylic oxidation sites excluding steroid dienone is 14. The predicted molar refractivity (Wildman–Crippen MR) is 334 cm³/mol. The van der Waals surface area contributed by atoms with E-state index in [-0.39, 0.29) is 31.1 Å². The number of carbonyl (C=O) groups is 3. The Balaban J connectivity index is 4.26. The fourth-order valence-electron chi connectivity index (χ4n) is 9.51. The fourth-order valence-corrected chi connectivity index (χ4v) is 9.51. The van der Waals surface area contributed by atoms with Crippen LogP contribution in [0, 0.1) is 0 Å². The highest BCUT2D eigenvalue weighted by Gasteiger charge is 2.19. The van der Waals surface area contributed by atoms with Gasteiger partial charge in [0.05, 0.1) is 0 Å². The molecule has 0 amide bonds. The smallest absolute Gasteiger partial charge is 0.306 e. The van der Waals surface area contributed by atoms with Crippen LogP contribution in [0.3, 0.4) is 0 Å². The molecule has 0 saturated carbocycles. The summed E-state index contributed by atoms with van der Waals surface area (Å²) in [5.74, 6) is -0.897. The molecule has 0 heterocycles. The third-order valence-electron chi connectivity index (χ3n) is 14.4. The molecule has 0 aliphatic rings. The molecular formula is C71H124O6. The summed E-state index contributed by atoms with van der Waals surface area (Å²) < 4.78 is 16.9. The highest BCUT2D eigenvalue weighted by molar-refractivity contribution is 5.71. The van der Waals surface area contributed by atoms with Crippen molar-refractivity contribution in [3.63, 3.8) is 0 Å². The van der Waals surface area contributed by atoms with Gasteiger partial charge in [-0.3, -0.25) is 14.4 Å². The SMILES string of the molecule is CC/C=C\C/C=C\C/C=C\C/C=C\CCCCCCCCCCCCCCCCC(=O)OCC(COC(=O)CCCCC/C=C\C/C=C\C/C=C\CC)OC(=O)CCCCCCCCCCCCCCCCCCCCC. The van der Waals surface area contributed by atoms with Crippen molar-refractivity contribution in [1.29, 1.82) is 0 Å². The quantitative estimate of drug-likeness (QED) is 0.0261. The molecule has 0 saturated heterocycles. The second-order valence-electron chi connectivity index (χ2n) is 22.0. The van der Waals surface area contributed by atoms with Crippen molar-refractivity contribution in [3.8, 4) is 0 Å².